The van der Waals surface area contributed by atoms with Gasteiger partial charge in [-0.2, -0.15) is 5.10 Å². The molecule has 128 valence electrons. The monoisotopic (exact) mass is 335 g/mol. The van der Waals surface area contributed by atoms with Gasteiger partial charge in [-0.05, 0) is 50.1 Å². The van der Waals surface area contributed by atoms with Crippen LogP contribution in [0.15, 0.2) is 53.5 Å². The lowest BCUT2D eigenvalue weighted by atomic mass is 10.1. The number of amides is 1. The number of anilines is 1. The first kappa shape index (κ1) is 16.9. The lowest BCUT2D eigenvalue weighted by molar-refractivity contribution is -0.119. The van der Waals surface area contributed by atoms with Crippen molar-refractivity contribution in [1.29, 1.82) is 0 Å². The van der Waals surface area contributed by atoms with Gasteiger partial charge in [-0.3, -0.25) is 14.3 Å². The highest BCUT2D eigenvalue weighted by molar-refractivity contribution is 5.94. The minimum Gasteiger partial charge on any atom is -0.311 e. The van der Waals surface area contributed by atoms with Crippen LogP contribution in [0.5, 0.6) is 0 Å². The largest absolute Gasteiger partial charge is 0.311 e. The molecule has 25 heavy (non-hydrogen) atoms. The summed E-state index contributed by atoms with van der Waals surface area (Å²) in [5.74, 6) is -0.0579. The summed E-state index contributed by atoms with van der Waals surface area (Å²) < 4.78 is 1.59. The Labute approximate surface area is 146 Å². The molecule has 0 unspecified atom stereocenters. The van der Waals surface area contributed by atoms with E-state index in [9.17, 15) is 9.59 Å². The summed E-state index contributed by atoms with van der Waals surface area (Å²) in [4.78, 5) is 26.6. The maximum atomic E-state index is 12.9. The second kappa shape index (κ2) is 6.89. The zero-order valence-electron chi connectivity index (χ0n) is 14.7. The molecule has 2 aromatic carbocycles. The van der Waals surface area contributed by atoms with Crippen molar-refractivity contribution >= 4 is 22.5 Å². The topological polar surface area (TPSA) is 55.2 Å². The van der Waals surface area contributed by atoms with E-state index in [1.165, 1.54) is 6.20 Å². The van der Waals surface area contributed by atoms with Gasteiger partial charge in [-0.25, -0.2) is 0 Å². The number of likely N-dealkylation sites (N-methyl/N-ethyl adjacent to an activating group) is 1. The lowest BCUT2D eigenvalue weighted by Crippen LogP contribution is -2.35. The Morgan fingerprint density at radius 3 is 2.68 bits per heavy atom. The fourth-order valence-electron chi connectivity index (χ4n) is 2.99. The van der Waals surface area contributed by atoms with E-state index in [4.69, 9.17) is 0 Å². The number of hydrogen-bond acceptors (Lipinski definition) is 3. The Morgan fingerprint density at radius 1 is 1.16 bits per heavy atom. The number of aryl methyl sites for hydroxylation is 2. The third-order valence-corrected chi connectivity index (χ3v) is 4.32. The molecule has 5 heteroatoms. The quantitative estimate of drug-likeness (QED) is 0.736. The van der Waals surface area contributed by atoms with E-state index < -0.39 is 0 Å². The Morgan fingerprint density at radius 2 is 1.92 bits per heavy atom. The zero-order valence-corrected chi connectivity index (χ0v) is 14.7. The molecule has 0 aliphatic heterocycles. The third-order valence-electron chi connectivity index (χ3n) is 4.32. The van der Waals surface area contributed by atoms with Gasteiger partial charge in [0, 0.05) is 17.6 Å². The van der Waals surface area contributed by atoms with E-state index in [2.05, 4.69) is 5.10 Å². The van der Waals surface area contributed by atoms with Gasteiger partial charge in [-0.1, -0.05) is 24.3 Å². The zero-order chi connectivity index (χ0) is 18.0. The molecule has 0 saturated carbocycles. The first-order valence-electron chi connectivity index (χ1n) is 8.33. The number of aromatic nitrogens is 2. The molecule has 1 heterocycles. The molecule has 3 rings (SSSR count). The molecule has 1 aromatic heterocycles. The van der Waals surface area contributed by atoms with Crippen LogP contribution in [0.1, 0.15) is 18.1 Å². The van der Waals surface area contributed by atoms with Crippen molar-refractivity contribution in [3.8, 4) is 0 Å². The van der Waals surface area contributed by atoms with E-state index >= 15 is 0 Å². The minimum absolute atomic E-state index is 0.0579. The smallest absolute Gasteiger partial charge is 0.248 e. The summed E-state index contributed by atoms with van der Waals surface area (Å²) >= 11 is 0. The van der Waals surface area contributed by atoms with Gasteiger partial charge in [0.2, 0.25) is 11.3 Å². The number of carbonyl (C=O) groups excluding carboxylic acids is 1. The standard InChI is InChI=1S/C20H21N3O2/c1-4-22(18-11-14(2)9-10-15(18)3)20(25)13-23-17-8-6-5-7-16(17)19(24)12-21-23/h5-12H,4,13H2,1-3H3. The SMILES string of the molecule is CCN(C(=O)Cn1ncc(=O)c2ccccc21)c1cc(C)ccc1C. The van der Waals surface area contributed by atoms with Crippen molar-refractivity contribution < 1.29 is 4.79 Å². The summed E-state index contributed by atoms with van der Waals surface area (Å²) in [5, 5.41) is 4.72. The van der Waals surface area contributed by atoms with Gasteiger partial charge in [0.25, 0.3) is 0 Å². The molecule has 0 bridgehead atoms. The van der Waals surface area contributed by atoms with E-state index in [1.54, 1.807) is 15.6 Å². The van der Waals surface area contributed by atoms with Crippen molar-refractivity contribution in [2.75, 3.05) is 11.4 Å². The molecule has 3 aromatic rings. The normalized spacial score (nSPS) is 10.8. The summed E-state index contributed by atoms with van der Waals surface area (Å²) in [6.45, 7) is 6.62. The van der Waals surface area contributed by atoms with Crippen molar-refractivity contribution in [3.63, 3.8) is 0 Å². The Hall–Kier alpha value is -2.95. The number of fused-ring (bicyclic) bond motifs is 1. The maximum Gasteiger partial charge on any atom is 0.248 e. The lowest BCUT2D eigenvalue weighted by Gasteiger charge is -2.24. The Bertz CT molecular complexity index is 992. The molecule has 1 amide bonds. The van der Waals surface area contributed by atoms with E-state index in [1.807, 2.05) is 57.2 Å². The van der Waals surface area contributed by atoms with Gasteiger partial charge >= 0.3 is 0 Å². The summed E-state index contributed by atoms with van der Waals surface area (Å²) in [7, 11) is 0. The molecule has 0 aliphatic carbocycles. The minimum atomic E-state index is -0.138. The van der Waals surface area contributed by atoms with Gasteiger partial charge in [0.15, 0.2) is 0 Å². The van der Waals surface area contributed by atoms with Crippen LogP contribution >= 0.6 is 0 Å². The van der Waals surface area contributed by atoms with Crippen LogP contribution in [0.2, 0.25) is 0 Å². The predicted octanol–water partition coefficient (Wildman–Crippen LogP) is 3.07. The number of para-hydroxylation sites is 1. The Balaban J connectivity index is 1.97. The van der Waals surface area contributed by atoms with Crippen LogP contribution < -0.4 is 10.3 Å². The molecular weight excluding hydrogens is 314 g/mol. The fourth-order valence-corrected chi connectivity index (χ4v) is 2.99. The number of carbonyl (C=O) groups is 1. The molecule has 0 radical (unpaired) electrons. The number of benzene rings is 2. The molecule has 0 atom stereocenters. The van der Waals surface area contributed by atoms with Crippen LogP contribution in [0, 0.1) is 13.8 Å². The van der Waals surface area contributed by atoms with Crippen LogP contribution in [0.3, 0.4) is 0 Å². The van der Waals surface area contributed by atoms with E-state index in [-0.39, 0.29) is 17.9 Å². The highest BCUT2D eigenvalue weighted by atomic mass is 16.2. The summed E-state index contributed by atoms with van der Waals surface area (Å²) in [6.07, 6.45) is 1.27. The van der Waals surface area contributed by atoms with E-state index in [0.29, 0.717) is 17.4 Å². The Kier molecular flexibility index (Phi) is 4.65. The first-order chi connectivity index (χ1) is 12.0. The molecular formula is C20H21N3O2. The molecule has 0 N–H and O–H groups in total. The predicted molar refractivity (Wildman–Crippen MR) is 99.9 cm³/mol. The summed E-state index contributed by atoms with van der Waals surface area (Å²) in [5.41, 5.74) is 3.61. The van der Waals surface area contributed by atoms with Crippen LogP contribution in [0.25, 0.3) is 10.9 Å². The van der Waals surface area contributed by atoms with Crippen LogP contribution in [0.4, 0.5) is 5.69 Å². The average Bonchev–Trinajstić information content (AvgIpc) is 2.61. The fraction of sp³-hybridized carbons (Fsp3) is 0.250. The van der Waals surface area contributed by atoms with Gasteiger partial charge in [0.05, 0.1) is 11.7 Å². The van der Waals surface area contributed by atoms with Crippen molar-refractivity contribution in [2.24, 2.45) is 0 Å². The third kappa shape index (κ3) is 3.31. The molecule has 0 saturated heterocycles. The average molecular weight is 335 g/mol. The second-order valence-corrected chi connectivity index (χ2v) is 6.11. The number of rotatable bonds is 4. The number of nitrogens with zero attached hydrogens (tertiary/aromatic N) is 3. The maximum absolute atomic E-state index is 12.9. The van der Waals surface area contributed by atoms with Crippen molar-refractivity contribution in [2.45, 2.75) is 27.3 Å². The highest BCUT2D eigenvalue weighted by Gasteiger charge is 2.17. The van der Waals surface area contributed by atoms with Gasteiger partial charge in [0.1, 0.15) is 6.54 Å². The van der Waals surface area contributed by atoms with Gasteiger partial charge in [-0.15, -0.1) is 0 Å². The highest BCUT2D eigenvalue weighted by Crippen LogP contribution is 2.22. The van der Waals surface area contributed by atoms with Crippen molar-refractivity contribution in [3.05, 3.63) is 70.0 Å². The molecule has 0 spiro atoms. The van der Waals surface area contributed by atoms with Crippen LogP contribution in [-0.2, 0) is 11.3 Å². The molecule has 5 nitrogen and oxygen atoms in total. The molecule has 0 aliphatic rings. The molecule has 0 fully saturated rings. The summed E-state index contributed by atoms with van der Waals surface area (Å²) in [6, 6.07) is 13.3. The van der Waals surface area contributed by atoms with Crippen LogP contribution in [-0.4, -0.2) is 22.2 Å². The number of hydrogen-bond donors (Lipinski definition) is 0. The first-order valence-corrected chi connectivity index (χ1v) is 8.33. The van der Waals surface area contributed by atoms with Gasteiger partial charge < -0.3 is 4.90 Å². The van der Waals surface area contributed by atoms with E-state index in [0.717, 1.165) is 16.8 Å². The van der Waals surface area contributed by atoms with Crippen molar-refractivity contribution in [1.82, 2.24) is 9.78 Å². The second-order valence-electron chi connectivity index (χ2n) is 6.11.